The Hall–Kier alpha value is -3.95. The Morgan fingerprint density at radius 2 is 2.17 bits per heavy atom. The third-order valence-corrected chi connectivity index (χ3v) is 6.84. The van der Waals surface area contributed by atoms with Gasteiger partial charge in [0.15, 0.2) is 0 Å². The third kappa shape index (κ3) is 4.09. The number of nitrogens with one attached hydrogen (secondary N) is 2. The van der Waals surface area contributed by atoms with Crippen molar-refractivity contribution in [1.29, 1.82) is 5.26 Å². The maximum absolute atomic E-state index is 11.4. The van der Waals surface area contributed by atoms with Crippen LogP contribution in [-0.2, 0) is 16.8 Å². The number of methoxy groups -OCH3 is 1. The summed E-state index contributed by atoms with van der Waals surface area (Å²) in [6.07, 6.45) is 1.06. The molecule has 1 amide bonds. The number of nitrogens with two attached hydrogens (primary N) is 1. The molecule has 0 bridgehead atoms. The van der Waals surface area contributed by atoms with Crippen LogP contribution in [0.3, 0.4) is 0 Å². The molecule has 0 spiro atoms. The van der Waals surface area contributed by atoms with E-state index in [1.54, 1.807) is 0 Å². The number of nitrogens with zero attached hydrogens (tertiary/aromatic N) is 2. The standard InChI is InChI=1S/C26H29N5O4/c1-14(2)26(21(12-27)23(28)35-24-22(26)15(3)30-31-24)19-8-16(7-18(9-19)13-32)5-6-17-10-20(11-17)29-25(33)34-4/h7-9,14,17,20,32H,10-11,13,28H2,1-4H3,(H,29,33)(H,30,31)/t17-,20-,26?. The largest absolute Gasteiger partial charge is 0.453 e. The Kier molecular flexibility index (Phi) is 6.47. The second-order valence-electron chi connectivity index (χ2n) is 9.28. The Bertz CT molecular complexity index is 1290. The summed E-state index contributed by atoms with van der Waals surface area (Å²) in [5, 5.41) is 30.2. The molecule has 2 aromatic rings. The van der Waals surface area contributed by atoms with Gasteiger partial charge in [-0.3, -0.25) is 0 Å². The van der Waals surface area contributed by atoms with Gasteiger partial charge in [-0.1, -0.05) is 31.8 Å². The first-order chi connectivity index (χ1) is 16.7. The average molecular weight is 476 g/mol. The second kappa shape index (κ2) is 9.36. The van der Waals surface area contributed by atoms with Crippen molar-refractivity contribution in [3.05, 3.63) is 57.6 Å². The predicted octanol–water partition coefficient (Wildman–Crippen LogP) is 2.72. The van der Waals surface area contributed by atoms with Gasteiger partial charge in [0.1, 0.15) is 11.6 Å². The molecule has 1 saturated carbocycles. The average Bonchev–Trinajstić information content (AvgIpc) is 3.18. The fraction of sp³-hybridized carbons (Fsp3) is 0.423. The lowest BCUT2D eigenvalue weighted by atomic mass is 9.61. The summed E-state index contributed by atoms with van der Waals surface area (Å²) in [7, 11) is 1.34. The van der Waals surface area contributed by atoms with E-state index in [1.165, 1.54) is 7.11 Å². The highest BCUT2D eigenvalue weighted by Crippen LogP contribution is 2.52. The zero-order valence-corrected chi connectivity index (χ0v) is 20.2. The van der Waals surface area contributed by atoms with E-state index in [-0.39, 0.29) is 30.4 Å². The van der Waals surface area contributed by atoms with Gasteiger partial charge in [-0.25, -0.2) is 9.89 Å². The van der Waals surface area contributed by atoms with Crippen LogP contribution in [0.2, 0.25) is 0 Å². The van der Waals surface area contributed by atoms with E-state index < -0.39 is 11.5 Å². The van der Waals surface area contributed by atoms with Gasteiger partial charge in [0.25, 0.3) is 0 Å². The van der Waals surface area contributed by atoms with Crippen LogP contribution in [0.25, 0.3) is 0 Å². The Labute approximate surface area is 204 Å². The van der Waals surface area contributed by atoms with E-state index in [4.69, 9.17) is 10.5 Å². The van der Waals surface area contributed by atoms with E-state index in [0.29, 0.717) is 22.7 Å². The molecule has 1 aliphatic heterocycles. The highest BCUT2D eigenvalue weighted by atomic mass is 16.5. The lowest BCUT2D eigenvalue weighted by Gasteiger charge is -2.41. The molecule has 4 rings (SSSR count). The quantitative estimate of drug-likeness (QED) is 0.497. The Morgan fingerprint density at radius 3 is 2.80 bits per heavy atom. The van der Waals surface area contributed by atoms with Gasteiger partial charge in [0.2, 0.25) is 11.8 Å². The van der Waals surface area contributed by atoms with Crippen LogP contribution >= 0.6 is 0 Å². The van der Waals surface area contributed by atoms with Gasteiger partial charge in [0, 0.05) is 17.5 Å². The summed E-state index contributed by atoms with van der Waals surface area (Å²) >= 11 is 0. The lowest BCUT2D eigenvalue weighted by Crippen LogP contribution is -2.43. The molecule has 5 N–H and O–H groups in total. The number of carbonyl (C=O) groups is 1. The van der Waals surface area contributed by atoms with E-state index in [1.807, 2.05) is 39.0 Å². The highest BCUT2D eigenvalue weighted by Gasteiger charge is 2.50. The molecule has 9 heteroatoms. The van der Waals surface area contributed by atoms with E-state index in [9.17, 15) is 15.2 Å². The molecule has 1 aromatic carbocycles. The molecule has 182 valence electrons. The van der Waals surface area contributed by atoms with Crippen LogP contribution in [0.15, 0.2) is 29.7 Å². The number of ether oxygens (including phenoxy) is 2. The number of H-pyrrole nitrogens is 1. The molecule has 9 nitrogen and oxygen atoms in total. The smallest absolute Gasteiger partial charge is 0.407 e. The molecule has 1 aromatic heterocycles. The minimum atomic E-state index is -0.933. The third-order valence-electron chi connectivity index (χ3n) is 6.84. The molecule has 1 aliphatic carbocycles. The first-order valence-electron chi connectivity index (χ1n) is 11.5. The van der Waals surface area contributed by atoms with Crippen molar-refractivity contribution in [1.82, 2.24) is 15.5 Å². The molecule has 35 heavy (non-hydrogen) atoms. The number of aliphatic hydroxyl groups excluding tert-OH is 1. The Morgan fingerprint density at radius 1 is 1.43 bits per heavy atom. The number of carbonyl (C=O) groups excluding carboxylic acids is 1. The molecule has 1 fully saturated rings. The number of benzene rings is 1. The normalized spacial score (nSPS) is 22.8. The molecule has 1 unspecified atom stereocenters. The van der Waals surface area contributed by atoms with Crippen molar-refractivity contribution in [3.8, 4) is 23.8 Å². The predicted molar refractivity (Wildman–Crippen MR) is 128 cm³/mol. The summed E-state index contributed by atoms with van der Waals surface area (Å²) in [4.78, 5) is 11.4. The van der Waals surface area contributed by atoms with Crippen molar-refractivity contribution in [2.45, 2.75) is 51.7 Å². The minimum absolute atomic E-state index is 0.0259. The SMILES string of the molecule is COC(=O)N[C@H]1C[C@H](C#Cc2cc(CO)cc(C3(C(C)C)C(C#N)=C(N)Oc4[nH]nc(C)c43)c2)C1. The van der Waals surface area contributed by atoms with E-state index >= 15 is 0 Å². The molecule has 1 atom stereocenters. The zero-order valence-electron chi connectivity index (χ0n) is 20.2. The minimum Gasteiger partial charge on any atom is -0.453 e. The Balaban J connectivity index is 1.78. The molecule has 2 heterocycles. The molecule has 2 aliphatic rings. The lowest BCUT2D eigenvalue weighted by molar-refractivity contribution is 0.155. The van der Waals surface area contributed by atoms with Crippen LogP contribution < -0.4 is 15.8 Å². The van der Waals surface area contributed by atoms with Gasteiger partial charge in [-0.05, 0) is 48.9 Å². The van der Waals surface area contributed by atoms with Crippen molar-refractivity contribution >= 4 is 6.09 Å². The summed E-state index contributed by atoms with van der Waals surface area (Å²) in [5.74, 6) is 6.99. The zero-order chi connectivity index (χ0) is 25.3. The molecular weight excluding hydrogens is 446 g/mol. The monoisotopic (exact) mass is 475 g/mol. The van der Waals surface area contributed by atoms with Gasteiger partial charge in [-0.2, -0.15) is 10.4 Å². The summed E-state index contributed by atoms with van der Waals surface area (Å²) in [5.41, 5.74) is 9.24. The van der Waals surface area contributed by atoms with Crippen LogP contribution in [0.5, 0.6) is 5.88 Å². The number of aromatic nitrogens is 2. The van der Waals surface area contributed by atoms with Crippen molar-refractivity contribution < 1.29 is 19.4 Å². The number of rotatable bonds is 4. The fourth-order valence-corrected chi connectivity index (χ4v) is 5.12. The number of aryl methyl sites for hydroxylation is 1. The topological polar surface area (TPSA) is 146 Å². The summed E-state index contributed by atoms with van der Waals surface area (Å²) < 4.78 is 10.4. The van der Waals surface area contributed by atoms with Gasteiger partial charge >= 0.3 is 6.09 Å². The maximum atomic E-state index is 11.4. The summed E-state index contributed by atoms with van der Waals surface area (Å²) in [6.45, 7) is 5.72. The first kappa shape index (κ1) is 24.2. The van der Waals surface area contributed by atoms with Gasteiger partial charge in [0.05, 0.1) is 30.4 Å². The number of hydrogen-bond acceptors (Lipinski definition) is 7. The number of alkyl carbamates (subject to hydrolysis) is 1. The molecular formula is C26H29N5O4. The number of fused-ring (bicyclic) bond motifs is 1. The van der Waals surface area contributed by atoms with Crippen molar-refractivity contribution in [2.75, 3.05) is 7.11 Å². The van der Waals surface area contributed by atoms with E-state index in [2.05, 4.69) is 38.2 Å². The number of nitriles is 1. The van der Waals surface area contributed by atoms with Gasteiger partial charge < -0.3 is 25.6 Å². The fourth-order valence-electron chi connectivity index (χ4n) is 5.12. The van der Waals surface area contributed by atoms with E-state index in [0.717, 1.165) is 29.5 Å². The van der Waals surface area contributed by atoms with Crippen LogP contribution in [0.1, 0.15) is 54.6 Å². The van der Waals surface area contributed by atoms with Gasteiger partial charge in [-0.15, -0.1) is 0 Å². The highest BCUT2D eigenvalue weighted by molar-refractivity contribution is 5.67. The number of allylic oxidation sites excluding steroid dienone is 1. The van der Waals surface area contributed by atoms with Crippen LogP contribution in [0, 0.1) is 41.9 Å². The van der Waals surface area contributed by atoms with Crippen LogP contribution in [-0.4, -0.2) is 34.5 Å². The summed E-state index contributed by atoms with van der Waals surface area (Å²) in [6, 6.07) is 8.01. The van der Waals surface area contributed by atoms with Crippen molar-refractivity contribution in [3.63, 3.8) is 0 Å². The molecule has 0 saturated heterocycles. The first-order valence-corrected chi connectivity index (χ1v) is 11.5. The molecule has 0 radical (unpaired) electrons. The maximum Gasteiger partial charge on any atom is 0.407 e. The van der Waals surface area contributed by atoms with Crippen molar-refractivity contribution in [2.24, 2.45) is 17.6 Å². The number of aromatic amines is 1. The van der Waals surface area contributed by atoms with Crippen LogP contribution in [0.4, 0.5) is 4.79 Å². The second-order valence-corrected chi connectivity index (χ2v) is 9.28. The number of aliphatic hydroxyl groups is 1. The number of hydrogen-bond donors (Lipinski definition) is 4. The number of amides is 1.